The topological polar surface area (TPSA) is 56.5 Å². The van der Waals surface area contributed by atoms with Crippen LogP contribution in [0.15, 0.2) is 17.7 Å². The number of hydrogen-bond donors (Lipinski definition) is 1. The first-order valence-corrected chi connectivity index (χ1v) is 8.88. The first-order valence-electron chi connectivity index (χ1n) is 8.88. The summed E-state index contributed by atoms with van der Waals surface area (Å²) in [5, 5.41) is 19.9. The lowest BCUT2D eigenvalue weighted by atomic mass is 9.81. The SMILES string of the molecule is CCCCCc1cc(O)c2c(c1)OC(C)(C)C1=C2CN(C#N)CC1. The van der Waals surface area contributed by atoms with Crippen LogP contribution in [0.5, 0.6) is 11.5 Å². The normalized spacial score (nSPS) is 18.5. The maximum atomic E-state index is 10.6. The average Bonchev–Trinajstić information content (AvgIpc) is 2.53. The summed E-state index contributed by atoms with van der Waals surface area (Å²) in [6, 6.07) is 3.94. The number of aryl methyl sites for hydroxylation is 1. The van der Waals surface area contributed by atoms with Crippen LogP contribution in [0.3, 0.4) is 0 Å². The third-order valence-electron chi connectivity index (χ3n) is 5.09. The predicted octanol–water partition coefficient (Wildman–Crippen LogP) is 4.24. The van der Waals surface area contributed by atoms with E-state index in [0.29, 0.717) is 13.1 Å². The minimum absolute atomic E-state index is 0.279. The van der Waals surface area contributed by atoms with Gasteiger partial charge in [0, 0.05) is 6.54 Å². The monoisotopic (exact) mass is 326 g/mol. The summed E-state index contributed by atoms with van der Waals surface area (Å²) in [7, 11) is 0. The maximum Gasteiger partial charge on any atom is 0.179 e. The Labute approximate surface area is 144 Å². The second-order valence-corrected chi connectivity index (χ2v) is 7.29. The van der Waals surface area contributed by atoms with E-state index in [1.807, 2.05) is 6.07 Å². The molecule has 0 spiro atoms. The molecule has 0 saturated heterocycles. The van der Waals surface area contributed by atoms with E-state index in [4.69, 9.17) is 4.74 Å². The Balaban J connectivity index is 2.02. The molecule has 0 bridgehead atoms. The highest BCUT2D eigenvalue weighted by molar-refractivity contribution is 5.82. The molecule has 0 aliphatic carbocycles. The number of aromatic hydroxyl groups is 1. The van der Waals surface area contributed by atoms with Gasteiger partial charge in [0.25, 0.3) is 0 Å². The molecule has 0 fully saturated rings. The molecule has 4 nitrogen and oxygen atoms in total. The largest absolute Gasteiger partial charge is 0.507 e. The van der Waals surface area contributed by atoms with E-state index in [1.165, 1.54) is 18.4 Å². The first kappa shape index (κ1) is 16.7. The van der Waals surface area contributed by atoms with Gasteiger partial charge in [0.05, 0.1) is 12.1 Å². The number of hydrogen-bond acceptors (Lipinski definition) is 4. The van der Waals surface area contributed by atoms with Crippen LogP contribution in [0.25, 0.3) is 5.57 Å². The summed E-state index contributed by atoms with van der Waals surface area (Å²) in [6.07, 6.45) is 7.48. The number of nitrogens with zero attached hydrogens (tertiary/aromatic N) is 2. The van der Waals surface area contributed by atoms with Gasteiger partial charge in [-0.05, 0) is 62.0 Å². The fourth-order valence-corrected chi connectivity index (χ4v) is 3.84. The van der Waals surface area contributed by atoms with E-state index in [2.05, 4.69) is 33.0 Å². The average molecular weight is 326 g/mol. The van der Waals surface area contributed by atoms with Gasteiger partial charge in [-0.25, -0.2) is 0 Å². The Hall–Kier alpha value is -2.15. The van der Waals surface area contributed by atoms with Crippen molar-refractivity contribution in [2.45, 2.75) is 58.5 Å². The molecule has 4 heteroatoms. The van der Waals surface area contributed by atoms with Gasteiger partial charge < -0.3 is 14.7 Å². The molecule has 0 aromatic heterocycles. The van der Waals surface area contributed by atoms with Gasteiger partial charge >= 0.3 is 0 Å². The molecule has 1 N–H and O–H groups in total. The van der Waals surface area contributed by atoms with Crippen molar-refractivity contribution in [3.05, 3.63) is 28.8 Å². The minimum atomic E-state index is -0.391. The van der Waals surface area contributed by atoms with Gasteiger partial charge in [0.1, 0.15) is 17.1 Å². The smallest absolute Gasteiger partial charge is 0.179 e. The van der Waals surface area contributed by atoms with Crippen LogP contribution >= 0.6 is 0 Å². The predicted molar refractivity (Wildman–Crippen MR) is 94.8 cm³/mol. The molecule has 2 aliphatic heterocycles. The molecule has 2 aliphatic rings. The van der Waals surface area contributed by atoms with Gasteiger partial charge in [0.2, 0.25) is 0 Å². The number of nitriles is 1. The number of ether oxygens (including phenoxy) is 1. The van der Waals surface area contributed by atoms with Gasteiger partial charge in [0.15, 0.2) is 6.19 Å². The molecule has 2 heterocycles. The molecule has 1 aromatic carbocycles. The van der Waals surface area contributed by atoms with Crippen LogP contribution in [0.4, 0.5) is 0 Å². The summed E-state index contributed by atoms with van der Waals surface area (Å²) in [5.41, 5.74) is 3.77. The van der Waals surface area contributed by atoms with Crippen molar-refractivity contribution in [1.82, 2.24) is 4.90 Å². The highest BCUT2D eigenvalue weighted by atomic mass is 16.5. The van der Waals surface area contributed by atoms with E-state index < -0.39 is 5.60 Å². The minimum Gasteiger partial charge on any atom is -0.507 e. The van der Waals surface area contributed by atoms with Crippen molar-refractivity contribution < 1.29 is 9.84 Å². The highest BCUT2D eigenvalue weighted by Crippen LogP contribution is 2.48. The lowest BCUT2D eigenvalue weighted by Gasteiger charge is -2.41. The molecule has 24 heavy (non-hydrogen) atoms. The number of rotatable bonds is 4. The number of benzene rings is 1. The maximum absolute atomic E-state index is 10.6. The summed E-state index contributed by atoms with van der Waals surface area (Å²) in [4.78, 5) is 1.75. The van der Waals surface area contributed by atoms with Crippen molar-refractivity contribution in [1.29, 1.82) is 5.26 Å². The Bertz CT molecular complexity index is 713. The van der Waals surface area contributed by atoms with Crippen molar-refractivity contribution >= 4 is 5.57 Å². The lowest BCUT2D eigenvalue weighted by Crippen LogP contribution is -2.41. The van der Waals surface area contributed by atoms with Crippen LogP contribution in [0, 0.1) is 11.5 Å². The Morgan fingerprint density at radius 1 is 1.33 bits per heavy atom. The number of fused-ring (bicyclic) bond motifs is 2. The summed E-state index contributed by atoms with van der Waals surface area (Å²) in [5.74, 6) is 1.03. The van der Waals surface area contributed by atoms with E-state index in [0.717, 1.165) is 41.7 Å². The van der Waals surface area contributed by atoms with Gasteiger partial charge in [-0.15, -0.1) is 0 Å². The van der Waals surface area contributed by atoms with Gasteiger partial charge in [-0.3, -0.25) is 0 Å². The molecule has 0 radical (unpaired) electrons. The third kappa shape index (κ3) is 2.96. The van der Waals surface area contributed by atoms with E-state index in [1.54, 1.807) is 4.90 Å². The molecular formula is C20H26N2O2. The second kappa shape index (κ2) is 6.39. The van der Waals surface area contributed by atoms with Crippen molar-refractivity contribution in [3.63, 3.8) is 0 Å². The molecule has 0 atom stereocenters. The van der Waals surface area contributed by atoms with Crippen LogP contribution in [0.2, 0.25) is 0 Å². The fraction of sp³-hybridized carbons (Fsp3) is 0.550. The second-order valence-electron chi connectivity index (χ2n) is 7.29. The van der Waals surface area contributed by atoms with Crippen molar-refractivity contribution in [2.75, 3.05) is 13.1 Å². The first-order chi connectivity index (χ1) is 11.5. The quantitative estimate of drug-likeness (QED) is 0.664. The van der Waals surface area contributed by atoms with E-state index in [-0.39, 0.29) is 5.75 Å². The van der Waals surface area contributed by atoms with E-state index >= 15 is 0 Å². The highest BCUT2D eigenvalue weighted by Gasteiger charge is 2.38. The number of phenolic OH excluding ortho intramolecular Hbond substituents is 1. The zero-order valence-corrected chi connectivity index (χ0v) is 14.9. The van der Waals surface area contributed by atoms with Gasteiger partial charge in [-0.2, -0.15) is 5.26 Å². The lowest BCUT2D eigenvalue weighted by molar-refractivity contribution is 0.134. The molecular weight excluding hydrogens is 300 g/mol. The van der Waals surface area contributed by atoms with Crippen LogP contribution in [-0.2, 0) is 6.42 Å². The van der Waals surface area contributed by atoms with Gasteiger partial charge in [-0.1, -0.05) is 19.8 Å². The fourth-order valence-electron chi connectivity index (χ4n) is 3.84. The summed E-state index contributed by atoms with van der Waals surface area (Å²) >= 11 is 0. The van der Waals surface area contributed by atoms with Crippen molar-refractivity contribution in [3.8, 4) is 17.7 Å². The van der Waals surface area contributed by atoms with Crippen molar-refractivity contribution in [2.24, 2.45) is 0 Å². The van der Waals surface area contributed by atoms with E-state index in [9.17, 15) is 10.4 Å². The third-order valence-corrected chi connectivity index (χ3v) is 5.09. The molecule has 3 rings (SSSR count). The standard InChI is InChI=1S/C20H26N2O2/c1-4-5-6-7-14-10-17(23)19-15-12-22(13-21)9-8-16(15)20(2,3)24-18(19)11-14/h10-11,23H,4-9,12H2,1-3H3. The molecule has 1 aromatic rings. The zero-order valence-electron chi connectivity index (χ0n) is 14.9. The van der Waals surface area contributed by atoms with Crippen LogP contribution in [0.1, 0.15) is 57.6 Å². The Kier molecular flexibility index (Phi) is 4.45. The Morgan fingerprint density at radius 2 is 2.12 bits per heavy atom. The summed E-state index contributed by atoms with van der Waals surface area (Å²) < 4.78 is 6.27. The zero-order chi connectivity index (χ0) is 17.3. The molecule has 0 saturated carbocycles. The number of unbranched alkanes of at least 4 members (excludes halogenated alkanes) is 2. The van der Waals surface area contributed by atoms with Crippen LogP contribution < -0.4 is 4.74 Å². The van der Waals surface area contributed by atoms with Crippen LogP contribution in [-0.4, -0.2) is 28.7 Å². The summed E-state index contributed by atoms with van der Waals surface area (Å²) in [6.45, 7) is 7.61. The molecule has 128 valence electrons. The molecule has 0 unspecified atom stereocenters. The Morgan fingerprint density at radius 3 is 2.83 bits per heavy atom. The molecule has 0 amide bonds. The number of phenols is 1.